The molecule has 1 aliphatic heterocycles. The van der Waals surface area contributed by atoms with Crippen LogP contribution in [0.15, 0.2) is 29.3 Å². The molecule has 1 heterocycles. The van der Waals surface area contributed by atoms with E-state index in [2.05, 4.69) is 48.3 Å². The van der Waals surface area contributed by atoms with Gasteiger partial charge in [0.05, 0.1) is 0 Å². The highest BCUT2D eigenvalue weighted by atomic mass is 127. The fourth-order valence-electron chi connectivity index (χ4n) is 2.82. The molecule has 6 heteroatoms. The molecule has 1 N–H and O–H groups in total. The van der Waals surface area contributed by atoms with Crippen molar-refractivity contribution in [3.8, 4) is 0 Å². The summed E-state index contributed by atoms with van der Waals surface area (Å²) in [6.45, 7) is 10.7. The molecular weight excluding hydrogens is 415 g/mol. The van der Waals surface area contributed by atoms with Crippen LogP contribution in [0, 0.1) is 6.92 Å². The summed E-state index contributed by atoms with van der Waals surface area (Å²) in [5.41, 5.74) is 2.62. The van der Waals surface area contributed by atoms with Gasteiger partial charge in [-0.3, -0.25) is 9.79 Å². The molecule has 0 spiro atoms. The maximum absolute atomic E-state index is 11.4. The largest absolute Gasteiger partial charge is 0.357 e. The minimum Gasteiger partial charge on any atom is -0.357 e. The molecule has 1 amide bonds. The van der Waals surface area contributed by atoms with E-state index >= 15 is 0 Å². The minimum absolute atomic E-state index is 0. The summed E-state index contributed by atoms with van der Waals surface area (Å²) in [6.07, 6.45) is 0.948. The average molecular weight is 444 g/mol. The fraction of sp³-hybridized carbons (Fsp3) is 0.556. The van der Waals surface area contributed by atoms with E-state index in [-0.39, 0.29) is 29.9 Å². The first-order valence-corrected chi connectivity index (χ1v) is 8.44. The van der Waals surface area contributed by atoms with Crippen molar-refractivity contribution in [2.75, 3.05) is 39.3 Å². The number of benzene rings is 1. The van der Waals surface area contributed by atoms with Crippen LogP contribution in [0.4, 0.5) is 0 Å². The Morgan fingerprint density at radius 2 is 1.88 bits per heavy atom. The molecule has 1 fully saturated rings. The van der Waals surface area contributed by atoms with E-state index in [1.807, 2.05) is 4.90 Å². The molecule has 24 heavy (non-hydrogen) atoms. The maximum atomic E-state index is 11.4. The third kappa shape index (κ3) is 6.30. The number of nitrogens with one attached hydrogen (secondary N) is 1. The molecule has 0 aromatic heterocycles. The van der Waals surface area contributed by atoms with Crippen LogP contribution in [0.25, 0.3) is 0 Å². The first-order valence-electron chi connectivity index (χ1n) is 8.44. The average Bonchev–Trinajstić information content (AvgIpc) is 2.54. The van der Waals surface area contributed by atoms with Gasteiger partial charge in [0.2, 0.25) is 5.91 Å². The number of carbonyl (C=O) groups excluding carboxylic acids is 1. The summed E-state index contributed by atoms with van der Waals surface area (Å²) in [5.74, 6) is 1.12. The standard InChI is InChI=1S/C18H28N4O.HI/c1-4-19-18(22-12-10-21(11-13-22)16(3)23)20-9-8-17-7-5-6-15(2)14-17;/h5-7,14H,4,8-13H2,1-3H3,(H,19,20);1H. The van der Waals surface area contributed by atoms with Crippen molar-refractivity contribution in [2.24, 2.45) is 4.99 Å². The van der Waals surface area contributed by atoms with Crippen molar-refractivity contribution in [3.05, 3.63) is 35.4 Å². The fourth-order valence-corrected chi connectivity index (χ4v) is 2.82. The Morgan fingerprint density at radius 3 is 2.46 bits per heavy atom. The van der Waals surface area contributed by atoms with Gasteiger partial charge >= 0.3 is 0 Å². The van der Waals surface area contributed by atoms with Crippen LogP contribution in [0.2, 0.25) is 0 Å². The van der Waals surface area contributed by atoms with Gasteiger partial charge in [-0.15, -0.1) is 24.0 Å². The minimum atomic E-state index is 0. The van der Waals surface area contributed by atoms with Crippen LogP contribution in [0.5, 0.6) is 0 Å². The van der Waals surface area contributed by atoms with Crippen LogP contribution in [0.1, 0.15) is 25.0 Å². The van der Waals surface area contributed by atoms with Crippen molar-refractivity contribution in [1.29, 1.82) is 0 Å². The third-order valence-electron chi connectivity index (χ3n) is 4.10. The Kier molecular flexibility index (Phi) is 9.10. The Balaban J connectivity index is 0.00000288. The van der Waals surface area contributed by atoms with Gasteiger partial charge in [-0.25, -0.2) is 0 Å². The van der Waals surface area contributed by atoms with Gasteiger partial charge in [0, 0.05) is 46.2 Å². The van der Waals surface area contributed by atoms with Gasteiger partial charge < -0.3 is 15.1 Å². The van der Waals surface area contributed by atoms with E-state index in [4.69, 9.17) is 4.99 Å². The molecule has 5 nitrogen and oxygen atoms in total. The van der Waals surface area contributed by atoms with Crippen molar-refractivity contribution in [3.63, 3.8) is 0 Å². The van der Waals surface area contributed by atoms with Gasteiger partial charge in [-0.05, 0) is 25.8 Å². The molecule has 2 rings (SSSR count). The van der Waals surface area contributed by atoms with E-state index in [1.54, 1.807) is 6.92 Å². The predicted octanol–water partition coefficient (Wildman–Crippen LogP) is 2.29. The highest BCUT2D eigenvalue weighted by Gasteiger charge is 2.20. The van der Waals surface area contributed by atoms with Crippen molar-refractivity contribution >= 4 is 35.8 Å². The summed E-state index contributed by atoms with van der Waals surface area (Å²) >= 11 is 0. The number of aliphatic imine (C=N–C) groups is 1. The normalized spacial score (nSPS) is 15.0. The van der Waals surface area contributed by atoms with Gasteiger partial charge in [0.25, 0.3) is 0 Å². The number of hydrogen-bond acceptors (Lipinski definition) is 2. The van der Waals surface area contributed by atoms with Crippen molar-refractivity contribution < 1.29 is 4.79 Å². The molecule has 0 atom stereocenters. The number of amides is 1. The lowest BCUT2D eigenvalue weighted by Crippen LogP contribution is -2.53. The second-order valence-electron chi connectivity index (χ2n) is 5.97. The molecule has 0 bridgehead atoms. The highest BCUT2D eigenvalue weighted by molar-refractivity contribution is 14.0. The van der Waals surface area contributed by atoms with E-state index in [1.165, 1.54) is 11.1 Å². The summed E-state index contributed by atoms with van der Waals surface area (Å²) in [4.78, 5) is 20.3. The first kappa shape index (κ1) is 20.7. The van der Waals surface area contributed by atoms with Gasteiger partial charge in [-0.1, -0.05) is 29.8 Å². The molecule has 0 unspecified atom stereocenters. The molecule has 0 saturated carbocycles. The van der Waals surface area contributed by atoms with Gasteiger partial charge in [0.15, 0.2) is 5.96 Å². The zero-order chi connectivity index (χ0) is 16.7. The summed E-state index contributed by atoms with van der Waals surface area (Å²) in [5, 5.41) is 3.37. The van der Waals surface area contributed by atoms with Crippen LogP contribution < -0.4 is 5.32 Å². The topological polar surface area (TPSA) is 47.9 Å². The van der Waals surface area contributed by atoms with Crippen molar-refractivity contribution in [2.45, 2.75) is 27.2 Å². The molecule has 1 saturated heterocycles. The highest BCUT2D eigenvalue weighted by Crippen LogP contribution is 2.06. The molecule has 0 radical (unpaired) electrons. The zero-order valence-corrected chi connectivity index (χ0v) is 17.2. The first-order chi connectivity index (χ1) is 11.1. The summed E-state index contributed by atoms with van der Waals surface area (Å²) < 4.78 is 0. The number of rotatable bonds is 4. The number of nitrogens with zero attached hydrogens (tertiary/aromatic N) is 3. The number of piperazine rings is 1. The molecule has 1 aliphatic rings. The number of halogens is 1. The van der Waals surface area contributed by atoms with Crippen LogP contribution >= 0.6 is 24.0 Å². The number of hydrogen-bond donors (Lipinski definition) is 1. The molecule has 134 valence electrons. The number of guanidine groups is 1. The van der Waals surface area contributed by atoms with Gasteiger partial charge in [0.1, 0.15) is 0 Å². The molecule has 1 aromatic rings. The van der Waals surface area contributed by atoms with E-state index in [0.29, 0.717) is 0 Å². The summed E-state index contributed by atoms with van der Waals surface area (Å²) in [6, 6.07) is 8.58. The Labute approximate surface area is 162 Å². The van der Waals surface area contributed by atoms with E-state index in [9.17, 15) is 4.79 Å². The van der Waals surface area contributed by atoms with Crippen LogP contribution in [-0.4, -0.2) is 60.9 Å². The Morgan fingerprint density at radius 1 is 1.21 bits per heavy atom. The van der Waals surface area contributed by atoms with E-state index in [0.717, 1.165) is 51.6 Å². The summed E-state index contributed by atoms with van der Waals surface area (Å²) in [7, 11) is 0. The quantitative estimate of drug-likeness (QED) is 0.441. The maximum Gasteiger partial charge on any atom is 0.219 e. The molecular formula is C18H29IN4O. The monoisotopic (exact) mass is 444 g/mol. The Hall–Kier alpha value is -1.31. The SMILES string of the molecule is CCNC(=NCCc1cccc(C)c1)N1CCN(C(C)=O)CC1.I. The third-order valence-corrected chi connectivity index (χ3v) is 4.10. The number of carbonyl (C=O) groups is 1. The van der Waals surface area contributed by atoms with Crippen LogP contribution in [0.3, 0.4) is 0 Å². The smallest absolute Gasteiger partial charge is 0.219 e. The zero-order valence-electron chi connectivity index (χ0n) is 14.9. The Bertz CT molecular complexity index is 554. The second-order valence-corrected chi connectivity index (χ2v) is 5.97. The lowest BCUT2D eigenvalue weighted by Gasteiger charge is -2.36. The molecule has 1 aromatic carbocycles. The van der Waals surface area contributed by atoms with Crippen molar-refractivity contribution in [1.82, 2.24) is 15.1 Å². The lowest BCUT2D eigenvalue weighted by molar-refractivity contribution is -0.130. The second kappa shape index (κ2) is 10.5. The lowest BCUT2D eigenvalue weighted by atomic mass is 10.1. The molecule has 0 aliphatic carbocycles. The van der Waals surface area contributed by atoms with E-state index < -0.39 is 0 Å². The van der Waals surface area contributed by atoms with Gasteiger partial charge in [-0.2, -0.15) is 0 Å². The number of aryl methyl sites for hydroxylation is 1. The predicted molar refractivity (Wildman–Crippen MR) is 110 cm³/mol. The van der Waals surface area contributed by atoms with Crippen LogP contribution in [-0.2, 0) is 11.2 Å².